The fourth-order valence-corrected chi connectivity index (χ4v) is 2.24. The van der Waals surface area contributed by atoms with Gasteiger partial charge in [0.05, 0.1) is 14.2 Å². The van der Waals surface area contributed by atoms with Crippen LogP contribution in [-0.2, 0) is 4.79 Å². The second-order valence-corrected chi connectivity index (χ2v) is 5.86. The van der Waals surface area contributed by atoms with E-state index in [2.05, 4.69) is 19.2 Å². The number of carbonyl (C=O) groups excluding carboxylic acids is 1. The first-order chi connectivity index (χ1) is 9.90. The van der Waals surface area contributed by atoms with Gasteiger partial charge in [0.15, 0.2) is 11.5 Å². The predicted molar refractivity (Wildman–Crippen MR) is 85.0 cm³/mol. The van der Waals surface area contributed by atoms with Crippen molar-refractivity contribution in [3.8, 4) is 11.5 Å². The van der Waals surface area contributed by atoms with Gasteiger partial charge >= 0.3 is 0 Å². The molecule has 0 bridgehead atoms. The molecule has 0 fully saturated rings. The van der Waals surface area contributed by atoms with Crippen molar-refractivity contribution < 1.29 is 14.3 Å². The van der Waals surface area contributed by atoms with Crippen molar-refractivity contribution in [2.75, 3.05) is 20.8 Å². The summed E-state index contributed by atoms with van der Waals surface area (Å²) in [5, 5.41) is 3.02. The highest BCUT2D eigenvalue weighted by molar-refractivity contribution is 5.77. The molecule has 4 heteroatoms. The van der Waals surface area contributed by atoms with Gasteiger partial charge in [0.1, 0.15) is 0 Å². The quantitative estimate of drug-likeness (QED) is 0.839. The maximum Gasteiger partial charge on any atom is 0.222 e. The fraction of sp³-hybridized carbons (Fsp3) is 0.588. The van der Waals surface area contributed by atoms with Gasteiger partial charge in [-0.3, -0.25) is 4.79 Å². The lowest BCUT2D eigenvalue weighted by Crippen LogP contribution is -2.33. The zero-order chi connectivity index (χ0) is 16.0. The van der Waals surface area contributed by atoms with E-state index in [1.165, 1.54) is 0 Å². The Morgan fingerprint density at radius 1 is 1.10 bits per heavy atom. The molecule has 1 aromatic rings. The summed E-state index contributed by atoms with van der Waals surface area (Å²) in [6.07, 6.45) is 0. The van der Waals surface area contributed by atoms with Crippen molar-refractivity contribution in [1.82, 2.24) is 5.32 Å². The molecule has 0 aliphatic heterocycles. The number of benzene rings is 1. The van der Waals surface area contributed by atoms with Crippen molar-refractivity contribution in [3.05, 3.63) is 23.8 Å². The average Bonchev–Trinajstić information content (AvgIpc) is 2.46. The summed E-state index contributed by atoms with van der Waals surface area (Å²) in [5.41, 5.74) is 1.15. The molecule has 1 rings (SSSR count). The molecule has 0 aliphatic carbocycles. The van der Waals surface area contributed by atoms with Crippen molar-refractivity contribution in [3.63, 3.8) is 0 Å². The number of methoxy groups -OCH3 is 2. The second-order valence-electron chi connectivity index (χ2n) is 5.86. The molecule has 0 saturated carbocycles. The highest BCUT2D eigenvalue weighted by Gasteiger charge is 2.19. The normalized spacial score (nSPS) is 12.4. The number of rotatable bonds is 7. The molecule has 0 heterocycles. The second kappa shape index (κ2) is 7.91. The zero-order valence-corrected chi connectivity index (χ0v) is 13.9. The van der Waals surface area contributed by atoms with Gasteiger partial charge < -0.3 is 14.8 Å². The smallest absolute Gasteiger partial charge is 0.222 e. The molecule has 21 heavy (non-hydrogen) atoms. The van der Waals surface area contributed by atoms with Crippen molar-refractivity contribution in [1.29, 1.82) is 0 Å². The predicted octanol–water partition coefficient (Wildman–Crippen LogP) is 3.22. The highest BCUT2D eigenvalue weighted by Crippen LogP contribution is 2.33. The third-order valence-electron chi connectivity index (χ3n) is 3.66. The molecule has 1 unspecified atom stereocenters. The lowest BCUT2D eigenvalue weighted by atomic mass is 9.88. The highest BCUT2D eigenvalue weighted by atomic mass is 16.5. The first-order valence-corrected chi connectivity index (χ1v) is 7.40. The lowest BCUT2D eigenvalue weighted by Gasteiger charge is -2.23. The van der Waals surface area contributed by atoms with Crippen LogP contribution in [0.4, 0.5) is 0 Å². The topological polar surface area (TPSA) is 47.6 Å². The van der Waals surface area contributed by atoms with E-state index < -0.39 is 0 Å². The van der Waals surface area contributed by atoms with Gasteiger partial charge in [-0.1, -0.05) is 33.8 Å². The summed E-state index contributed by atoms with van der Waals surface area (Å²) >= 11 is 0. The maximum atomic E-state index is 11.8. The Morgan fingerprint density at radius 2 is 1.71 bits per heavy atom. The minimum Gasteiger partial charge on any atom is -0.493 e. The van der Waals surface area contributed by atoms with Crippen molar-refractivity contribution in [2.24, 2.45) is 11.8 Å². The summed E-state index contributed by atoms with van der Waals surface area (Å²) in [5.74, 6) is 2.18. The number of carbonyl (C=O) groups is 1. The molecule has 1 aromatic carbocycles. The number of hydrogen-bond acceptors (Lipinski definition) is 3. The van der Waals surface area contributed by atoms with Crippen LogP contribution in [0.5, 0.6) is 11.5 Å². The van der Waals surface area contributed by atoms with Gasteiger partial charge in [-0.05, 0) is 23.6 Å². The van der Waals surface area contributed by atoms with Crippen LogP contribution in [0.3, 0.4) is 0 Å². The van der Waals surface area contributed by atoms with Crippen LogP contribution < -0.4 is 14.8 Å². The average molecular weight is 293 g/mol. The summed E-state index contributed by atoms with van der Waals surface area (Å²) in [6, 6.07) is 5.94. The van der Waals surface area contributed by atoms with Gasteiger partial charge in [-0.15, -0.1) is 0 Å². The Bertz CT molecular complexity index is 469. The van der Waals surface area contributed by atoms with Crippen LogP contribution in [0.15, 0.2) is 18.2 Å². The fourth-order valence-electron chi connectivity index (χ4n) is 2.24. The molecule has 1 amide bonds. The van der Waals surface area contributed by atoms with E-state index in [0.717, 1.165) is 17.1 Å². The molecule has 1 atom stereocenters. The van der Waals surface area contributed by atoms with Gasteiger partial charge in [-0.25, -0.2) is 0 Å². The van der Waals surface area contributed by atoms with Gasteiger partial charge in [-0.2, -0.15) is 0 Å². The SMILES string of the molecule is COc1ccc(C(CNC(=O)C(C)C)C(C)C)cc1OC. The standard InChI is InChI=1S/C17H27NO3/c1-11(2)14(10-18-17(19)12(3)4)13-7-8-15(20-5)16(9-13)21-6/h7-9,11-12,14H,10H2,1-6H3,(H,18,19). The van der Waals surface area contributed by atoms with Crippen LogP contribution in [0.25, 0.3) is 0 Å². The molecule has 1 N–H and O–H groups in total. The third-order valence-corrected chi connectivity index (χ3v) is 3.66. The first-order valence-electron chi connectivity index (χ1n) is 7.40. The monoisotopic (exact) mass is 293 g/mol. The molecule has 0 spiro atoms. The number of ether oxygens (including phenoxy) is 2. The van der Waals surface area contributed by atoms with Gasteiger partial charge in [0, 0.05) is 18.4 Å². The van der Waals surface area contributed by atoms with Gasteiger partial charge in [0.2, 0.25) is 5.91 Å². The third kappa shape index (κ3) is 4.66. The molecular formula is C17H27NO3. The summed E-state index contributed by atoms with van der Waals surface area (Å²) < 4.78 is 10.6. The first kappa shape index (κ1) is 17.3. The Labute approximate surface area is 127 Å². The molecule has 0 radical (unpaired) electrons. The van der Waals surface area contributed by atoms with E-state index in [4.69, 9.17) is 9.47 Å². The van der Waals surface area contributed by atoms with E-state index in [9.17, 15) is 4.79 Å². The molecule has 0 aromatic heterocycles. The van der Waals surface area contributed by atoms with E-state index in [1.807, 2.05) is 32.0 Å². The molecule has 4 nitrogen and oxygen atoms in total. The van der Waals surface area contributed by atoms with Crippen molar-refractivity contribution >= 4 is 5.91 Å². The Kier molecular flexibility index (Phi) is 6.53. The van der Waals surface area contributed by atoms with Crippen LogP contribution in [0, 0.1) is 11.8 Å². The Balaban J connectivity index is 2.93. The van der Waals surface area contributed by atoms with Crippen LogP contribution in [0.2, 0.25) is 0 Å². The maximum absolute atomic E-state index is 11.8. The van der Waals surface area contributed by atoms with E-state index in [1.54, 1.807) is 14.2 Å². The number of hydrogen-bond donors (Lipinski definition) is 1. The Hall–Kier alpha value is -1.71. The zero-order valence-electron chi connectivity index (χ0n) is 13.9. The Morgan fingerprint density at radius 3 is 2.19 bits per heavy atom. The number of nitrogens with one attached hydrogen (secondary N) is 1. The molecule has 0 aliphatic rings. The van der Waals surface area contributed by atoms with Crippen LogP contribution >= 0.6 is 0 Å². The van der Waals surface area contributed by atoms with E-state index in [-0.39, 0.29) is 17.7 Å². The molecular weight excluding hydrogens is 266 g/mol. The minimum absolute atomic E-state index is 0.00298. The van der Waals surface area contributed by atoms with Crippen molar-refractivity contribution in [2.45, 2.75) is 33.6 Å². The van der Waals surface area contributed by atoms with E-state index >= 15 is 0 Å². The summed E-state index contributed by atoms with van der Waals surface area (Å²) in [4.78, 5) is 11.8. The largest absolute Gasteiger partial charge is 0.493 e. The minimum atomic E-state index is 0.00298. The number of amides is 1. The van der Waals surface area contributed by atoms with Gasteiger partial charge in [0.25, 0.3) is 0 Å². The lowest BCUT2D eigenvalue weighted by molar-refractivity contribution is -0.124. The molecule has 118 valence electrons. The molecule has 0 saturated heterocycles. The van der Waals surface area contributed by atoms with Crippen LogP contribution in [-0.4, -0.2) is 26.7 Å². The van der Waals surface area contributed by atoms with E-state index in [0.29, 0.717) is 12.5 Å². The summed E-state index contributed by atoms with van der Waals surface area (Å²) in [7, 11) is 3.26. The summed E-state index contributed by atoms with van der Waals surface area (Å²) in [6.45, 7) is 8.74. The van der Waals surface area contributed by atoms with Crippen LogP contribution in [0.1, 0.15) is 39.2 Å².